The number of nitrogens with two attached hydrogens (primary N) is 1. The second kappa shape index (κ2) is 8.29. The molecule has 1 aromatic heterocycles. The number of hydrogen-bond donors (Lipinski definition) is 3. The summed E-state index contributed by atoms with van der Waals surface area (Å²) < 4.78 is 41.2. The number of nitrogens with one attached hydrogen (secondary N) is 2. The summed E-state index contributed by atoms with van der Waals surface area (Å²) in [5.41, 5.74) is 7.95. The molecule has 0 bridgehead atoms. The fraction of sp³-hybridized carbons (Fsp3) is 0.235. The van der Waals surface area contributed by atoms with Gasteiger partial charge in [0.05, 0.1) is 17.1 Å². The van der Waals surface area contributed by atoms with E-state index in [2.05, 4.69) is 20.0 Å². The van der Waals surface area contributed by atoms with Crippen LogP contribution in [0, 0.1) is 0 Å². The molecular weight excluding hydrogens is 369 g/mol. The van der Waals surface area contributed by atoms with Crippen LogP contribution in [-0.4, -0.2) is 22.9 Å². The second-order valence-corrected chi connectivity index (χ2v) is 5.50. The van der Waals surface area contributed by atoms with E-state index in [0.29, 0.717) is 24.5 Å². The number of halogens is 4. The Hall–Kier alpha value is -2.45. The van der Waals surface area contributed by atoms with Crippen LogP contribution in [0.25, 0.3) is 11.0 Å². The average molecular weight is 387 g/mol. The lowest BCUT2D eigenvalue weighted by Gasteiger charge is -2.19. The highest BCUT2D eigenvalue weighted by atomic mass is 35.5. The number of benzene rings is 2. The first-order chi connectivity index (χ1) is 11.9. The molecule has 2 aromatic carbocycles. The number of H-pyrrole nitrogens is 1. The molecule has 0 spiro atoms. The molecule has 0 aliphatic rings. The Bertz CT molecular complexity index is 820. The molecule has 0 radical (unpaired) electrons. The number of anilines is 1. The highest BCUT2D eigenvalue weighted by Crippen LogP contribution is 2.28. The van der Waals surface area contributed by atoms with E-state index < -0.39 is 6.36 Å². The van der Waals surface area contributed by atoms with Gasteiger partial charge in [-0.3, -0.25) is 0 Å². The van der Waals surface area contributed by atoms with Crippen LogP contribution in [0.3, 0.4) is 0 Å². The summed E-state index contributed by atoms with van der Waals surface area (Å²) in [5.74, 6) is 0.264. The minimum absolute atomic E-state index is 0. The van der Waals surface area contributed by atoms with E-state index in [9.17, 15) is 13.2 Å². The van der Waals surface area contributed by atoms with Gasteiger partial charge in [-0.1, -0.05) is 24.3 Å². The number of aromatic amines is 1. The third-order valence-electron chi connectivity index (χ3n) is 3.65. The first-order valence-electron chi connectivity index (χ1n) is 7.71. The van der Waals surface area contributed by atoms with Gasteiger partial charge in [-0.15, -0.1) is 25.6 Å². The molecule has 4 N–H and O–H groups in total. The van der Waals surface area contributed by atoms with Crippen LogP contribution in [0.2, 0.25) is 0 Å². The molecule has 1 atom stereocenters. The van der Waals surface area contributed by atoms with Gasteiger partial charge in [0.25, 0.3) is 0 Å². The molecule has 0 fully saturated rings. The monoisotopic (exact) mass is 386 g/mol. The number of para-hydroxylation sites is 2. The molecule has 26 heavy (non-hydrogen) atoms. The zero-order chi connectivity index (χ0) is 17.9. The van der Waals surface area contributed by atoms with Crippen molar-refractivity contribution in [2.24, 2.45) is 5.73 Å². The maximum Gasteiger partial charge on any atom is 0.573 e. The summed E-state index contributed by atoms with van der Waals surface area (Å²) in [7, 11) is 0. The van der Waals surface area contributed by atoms with Crippen LogP contribution in [0.4, 0.5) is 19.1 Å². The Morgan fingerprint density at radius 2 is 1.92 bits per heavy atom. The van der Waals surface area contributed by atoms with E-state index in [-0.39, 0.29) is 24.2 Å². The van der Waals surface area contributed by atoms with Crippen LogP contribution in [0.5, 0.6) is 5.75 Å². The largest absolute Gasteiger partial charge is 0.573 e. The van der Waals surface area contributed by atoms with E-state index in [1.165, 1.54) is 18.2 Å². The van der Waals surface area contributed by atoms with E-state index in [0.717, 1.165) is 11.0 Å². The zero-order valence-electron chi connectivity index (χ0n) is 13.6. The van der Waals surface area contributed by atoms with Gasteiger partial charge in [0, 0.05) is 0 Å². The first-order valence-corrected chi connectivity index (χ1v) is 7.71. The molecule has 0 aliphatic carbocycles. The van der Waals surface area contributed by atoms with Crippen molar-refractivity contribution >= 4 is 29.4 Å². The molecule has 5 nitrogen and oxygen atoms in total. The molecule has 0 saturated heterocycles. The SMILES string of the molecule is Cl.NCCC(Nc1nc2ccccc2[nH]1)c1cccc(OC(F)(F)F)c1. The van der Waals surface area contributed by atoms with Crippen LogP contribution in [0.1, 0.15) is 18.0 Å². The van der Waals surface area contributed by atoms with Gasteiger partial charge in [0.1, 0.15) is 5.75 Å². The molecule has 9 heteroatoms. The number of alkyl halides is 3. The maximum atomic E-state index is 12.4. The topological polar surface area (TPSA) is 76.0 Å². The number of fused-ring (bicyclic) bond motifs is 1. The lowest BCUT2D eigenvalue weighted by Crippen LogP contribution is -2.19. The molecular formula is C17H18ClF3N4O. The van der Waals surface area contributed by atoms with Gasteiger partial charge in [-0.05, 0) is 42.8 Å². The third-order valence-corrected chi connectivity index (χ3v) is 3.65. The Morgan fingerprint density at radius 3 is 2.62 bits per heavy atom. The summed E-state index contributed by atoms with van der Waals surface area (Å²) in [4.78, 5) is 7.56. The normalized spacial score (nSPS) is 12.5. The van der Waals surface area contributed by atoms with Gasteiger partial charge in [-0.25, -0.2) is 4.98 Å². The Labute approximate surface area is 154 Å². The molecule has 1 unspecified atom stereocenters. The highest BCUT2D eigenvalue weighted by molar-refractivity contribution is 5.85. The van der Waals surface area contributed by atoms with Crippen LogP contribution < -0.4 is 15.8 Å². The number of imidazole rings is 1. The van der Waals surface area contributed by atoms with Crippen LogP contribution in [0.15, 0.2) is 48.5 Å². The van der Waals surface area contributed by atoms with E-state index in [1.54, 1.807) is 6.07 Å². The number of ether oxygens (including phenoxy) is 1. The van der Waals surface area contributed by atoms with Crippen LogP contribution in [-0.2, 0) is 0 Å². The van der Waals surface area contributed by atoms with Crippen molar-refractivity contribution < 1.29 is 17.9 Å². The summed E-state index contributed by atoms with van der Waals surface area (Å²) in [6.07, 6.45) is -4.21. The standard InChI is InChI=1S/C17H17F3N4O.ClH/c18-17(19,20)25-12-5-3-4-11(10-12)13(8-9-21)22-16-23-14-6-1-2-7-15(14)24-16;/h1-7,10,13H,8-9,21H2,(H2,22,23,24);1H. The van der Waals surface area contributed by atoms with E-state index >= 15 is 0 Å². The zero-order valence-corrected chi connectivity index (χ0v) is 14.4. The smallest absolute Gasteiger partial charge is 0.406 e. The maximum absolute atomic E-state index is 12.4. The Kier molecular flexibility index (Phi) is 6.33. The van der Waals surface area contributed by atoms with Crippen molar-refractivity contribution in [3.63, 3.8) is 0 Å². The van der Waals surface area contributed by atoms with Crippen molar-refractivity contribution in [1.82, 2.24) is 9.97 Å². The Morgan fingerprint density at radius 1 is 1.15 bits per heavy atom. The number of hydrogen-bond acceptors (Lipinski definition) is 4. The summed E-state index contributed by atoms with van der Waals surface area (Å²) in [6, 6.07) is 13.1. The van der Waals surface area contributed by atoms with Crippen molar-refractivity contribution in [3.05, 3.63) is 54.1 Å². The van der Waals surface area contributed by atoms with Gasteiger partial charge >= 0.3 is 6.36 Å². The van der Waals surface area contributed by atoms with Gasteiger partial charge in [-0.2, -0.15) is 0 Å². The second-order valence-electron chi connectivity index (χ2n) is 5.50. The van der Waals surface area contributed by atoms with Crippen molar-refractivity contribution in [3.8, 4) is 5.75 Å². The van der Waals surface area contributed by atoms with Gasteiger partial charge < -0.3 is 20.8 Å². The number of nitrogens with zero attached hydrogens (tertiary/aromatic N) is 1. The molecule has 0 amide bonds. The van der Waals surface area contributed by atoms with Crippen LogP contribution >= 0.6 is 12.4 Å². The van der Waals surface area contributed by atoms with Crippen molar-refractivity contribution in [2.45, 2.75) is 18.8 Å². The predicted molar refractivity (Wildman–Crippen MR) is 96.5 cm³/mol. The third kappa shape index (κ3) is 5.03. The van der Waals surface area contributed by atoms with E-state index in [1.807, 2.05) is 24.3 Å². The number of aromatic nitrogens is 2. The quantitative estimate of drug-likeness (QED) is 0.587. The van der Waals surface area contributed by atoms with Crippen molar-refractivity contribution in [2.75, 3.05) is 11.9 Å². The van der Waals surface area contributed by atoms with Gasteiger partial charge in [0.15, 0.2) is 0 Å². The lowest BCUT2D eigenvalue weighted by atomic mass is 10.0. The molecule has 3 aromatic rings. The summed E-state index contributed by atoms with van der Waals surface area (Å²) >= 11 is 0. The molecule has 0 saturated carbocycles. The lowest BCUT2D eigenvalue weighted by molar-refractivity contribution is -0.274. The fourth-order valence-electron chi connectivity index (χ4n) is 2.60. The molecule has 0 aliphatic heterocycles. The molecule has 140 valence electrons. The van der Waals surface area contributed by atoms with E-state index in [4.69, 9.17) is 5.73 Å². The minimum atomic E-state index is -4.73. The predicted octanol–water partition coefficient (Wildman–Crippen LogP) is 4.39. The van der Waals surface area contributed by atoms with Crippen molar-refractivity contribution in [1.29, 1.82) is 0 Å². The minimum Gasteiger partial charge on any atom is -0.406 e. The van der Waals surface area contributed by atoms with Gasteiger partial charge in [0.2, 0.25) is 5.95 Å². The summed E-state index contributed by atoms with van der Waals surface area (Å²) in [6.45, 7) is 0.363. The Balaban J connectivity index is 0.00000243. The number of rotatable bonds is 6. The first kappa shape index (κ1) is 19.9. The fourth-order valence-corrected chi connectivity index (χ4v) is 2.60. The molecule has 1 heterocycles. The summed E-state index contributed by atoms with van der Waals surface area (Å²) in [5, 5.41) is 3.19. The highest BCUT2D eigenvalue weighted by Gasteiger charge is 2.31. The average Bonchev–Trinajstić information content (AvgIpc) is 2.95. The molecule has 3 rings (SSSR count).